The third-order valence-electron chi connectivity index (χ3n) is 2.78. The molecule has 2 N–H and O–H groups in total. The second kappa shape index (κ2) is 3.78. The molecule has 0 aliphatic heterocycles. The van der Waals surface area contributed by atoms with Crippen molar-refractivity contribution in [2.24, 2.45) is 11.7 Å². The minimum atomic E-state index is 0.377. The molecule has 1 aromatic heterocycles. The van der Waals surface area contributed by atoms with Gasteiger partial charge in [-0.15, -0.1) is 0 Å². The summed E-state index contributed by atoms with van der Waals surface area (Å²) < 4.78 is 1.51. The third kappa shape index (κ3) is 1.66. The average molecular weight is 228 g/mol. The molecule has 0 spiro atoms. The molecule has 2 rings (SSSR count). The van der Waals surface area contributed by atoms with Crippen molar-refractivity contribution in [3.8, 4) is 0 Å². The molecule has 0 radical (unpaired) electrons. The molecule has 2 heteroatoms. The van der Waals surface area contributed by atoms with Crippen molar-refractivity contribution in [2.75, 3.05) is 0 Å². The van der Waals surface area contributed by atoms with Gasteiger partial charge in [-0.25, -0.2) is 0 Å². The summed E-state index contributed by atoms with van der Waals surface area (Å²) in [4.78, 5) is 2.26. The van der Waals surface area contributed by atoms with Crippen molar-refractivity contribution >= 4 is 14.5 Å². The standard InChI is InChI=1S/C10H15NSe/c11-10(8-4-1-2-5-8)9-6-3-7-12-9/h3,6-8,10H,1-2,4-5,11H2. The Labute approximate surface area is 79.7 Å². The maximum absolute atomic E-state index is 6.19. The van der Waals surface area contributed by atoms with E-state index in [1.54, 1.807) is 0 Å². The first-order chi connectivity index (χ1) is 5.88. The van der Waals surface area contributed by atoms with E-state index in [0.717, 1.165) is 5.92 Å². The van der Waals surface area contributed by atoms with Crippen LogP contribution in [0.1, 0.15) is 36.2 Å². The van der Waals surface area contributed by atoms with Crippen LogP contribution >= 0.6 is 0 Å². The van der Waals surface area contributed by atoms with Gasteiger partial charge in [-0.05, 0) is 0 Å². The molecule has 1 aliphatic rings. The van der Waals surface area contributed by atoms with Crippen LogP contribution in [-0.2, 0) is 0 Å². The molecule has 0 amide bonds. The summed E-state index contributed by atoms with van der Waals surface area (Å²) in [6.07, 6.45) is 5.50. The van der Waals surface area contributed by atoms with Gasteiger partial charge in [0.25, 0.3) is 0 Å². The van der Waals surface area contributed by atoms with Crippen LogP contribution in [0.4, 0.5) is 0 Å². The Hall–Kier alpha value is -0.0405. The van der Waals surface area contributed by atoms with E-state index in [1.165, 1.54) is 30.1 Å². The van der Waals surface area contributed by atoms with Crippen LogP contribution in [-0.4, -0.2) is 14.5 Å². The molecule has 66 valence electrons. The first kappa shape index (κ1) is 8.55. The summed E-state index contributed by atoms with van der Waals surface area (Å²) in [5, 5.41) is 0. The van der Waals surface area contributed by atoms with Gasteiger partial charge in [0.1, 0.15) is 0 Å². The Morgan fingerprint density at radius 3 is 2.75 bits per heavy atom. The van der Waals surface area contributed by atoms with Gasteiger partial charge < -0.3 is 0 Å². The van der Waals surface area contributed by atoms with Crippen LogP contribution in [0, 0.1) is 5.92 Å². The summed E-state index contributed by atoms with van der Waals surface area (Å²) in [6, 6.07) is 4.76. The number of hydrogen-bond acceptors (Lipinski definition) is 1. The van der Waals surface area contributed by atoms with E-state index >= 15 is 0 Å². The monoisotopic (exact) mass is 229 g/mol. The molecular formula is C10H15NSe. The summed E-state index contributed by atoms with van der Waals surface area (Å²) in [5.74, 6) is 0.790. The molecule has 1 fully saturated rings. The van der Waals surface area contributed by atoms with Gasteiger partial charge in [-0.1, -0.05) is 0 Å². The third-order valence-corrected chi connectivity index (χ3v) is 4.82. The molecular weight excluding hydrogens is 213 g/mol. The summed E-state index contributed by atoms with van der Waals surface area (Å²) in [5.41, 5.74) is 6.19. The van der Waals surface area contributed by atoms with E-state index < -0.39 is 0 Å². The molecule has 0 bridgehead atoms. The number of rotatable bonds is 2. The molecule has 1 saturated carbocycles. The topological polar surface area (TPSA) is 26.0 Å². The van der Waals surface area contributed by atoms with Gasteiger partial charge >= 0.3 is 79.4 Å². The summed E-state index contributed by atoms with van der Waals surface area (Å²) >= 11 is 0.571. The zero-order valence-electron chi connectivity index (χ0n) is 7.20. The second-order valence-corrected chi connectivity index (χ2v) is 5.64. The van der Waals surface area contributed by atoms with Gasteiger partial charge in [0.2, 0.25) is 0 Å². The minimum absolute atomic E-state index is 0.377. The van der Waals surface area contributed by atoms with Crippen LogP contribution in [0.3, 0.4) is 0 Å². The van der Waals surface area contributed by atoms with E-state index in [4.69, 9.17) is 5.73 Å². The molecule has 1 aliphatic carbocycles. The number of nitrogens with two attached hydrogens (primary N) is 1. The molecule has 1 heterocycles. The van der Waals surface area contributed by atoms with Gasteiger partial charge in [0.15, 0.2) is 0 Å². The zero-order chi connectivity index (χ0) is 8.39. The van der Waals surface area contributed by atoms with Crippen molar-refractivity contribution in [3.63, 3.8) is 0 Å². The van der Waals surface area contributed by atoms with Crippen molar-refractivity contribution < 1.29 is 0 Å². The zero-order valence-corrected chi connectivity index (χ0v) is 8.91. The molecule has 1 nitrogen and oxygen atoms in total. The van der Waals surface area contributed by atoms with Crippen LogP contribution in [0.15, 0.2) is 17.1 Å². The van der Waals surface area contributed by atoms with E-state index in [-0.39, 0.29) is 0 Å². The maximum atomic E-state index is 6.19. The van der Waals surface area contributed by atoms with Gasteiger partial charge in [0.05, 0.1) is 0 Å². The van der Waals surface area contributed by atoms with Crippen LogP contribution in [0.25, 0.3) is 0 Å². The normalized spacial score (nSPS) is 21.4. The molecule has 0 saturated heterocycles. The summed E-state index contributed by atoms with van der Waals surface area (Å²) in [7, 11) is 0. The van der Waals surface area contributed by atoms with E-state index in [0.29, 0.717) is 20.5 Å². The SMILES string of the molecule is NC(c1ccc[se]1)C1CCCC1. The fourth-order valence-electron chi connectivity index (χ4n) is 2.03. The number of hydrogen-bond donors (Lipinski definition) is 1. The van der Waals surface area contributed by atoms with Crippen molar-refractivity contribution in [3.05, 3.63) is 21.5 Å². The predicted octanol–water partition coefficient (Wildman–Crippen LogP) is 1.93. The Morgan fingerprint density at radius 2 is 2.17 bits per heavy atom. The van der Waals surface area contributed by atoms with Crippen LogP contribution < -0.4 is 5.73 Å². The molecule has 12 heavy (non-hydrogen) atoms. The van der Waals surface area contributed by atoms with Crippen molar-refractivity contribution in [2.45, 2.75) is 31.7 Å². The first-order valence-electron chi connectivity index (χ1n) is 4.67. The fourth-order valence-corrected chi connectivity index (χ4v) is 3.75. The first-order valence-corrected chi connectivity index (χ1v) is 6.51. The Morgan fingerprint density at radius 1 is 1.42 bits per heavy atom. The van der Waals surface area contributed by atoms with E-state index in [2.05, 4.69) is 17.1 Å². The molecule has 1 atom stereocenters. The Balaban J connectivity index is 2.04. The average Bonchev–Trinajstić information content (AvgIpc) is 2.77. The Kier molecular flexibility index (Phi) is 2.69. The van der Waals surface area contributed by atoms with Gasteiger partial charge in [-0.2, -0.15) is 0 Å². The second-order valence-electron chi connectivity index (χ2n) is 3.59. The van der Waals surface area contributed by atoms with E-state index in [1.807, 2.05) is 0 Å². The fraction of sp³-hybridized carbons (Fsp3) is 0.600. The van der Waals surface area contributed by atoms with Crippen LogP contribution in [0.5, 0.6) is 0 Å². The Bertz CT molecular complexity index is 224. The molecule has 0 aromatic carbocycles. The van der Waals surface area contributed by atoms with Crippen molar-refractivity contribution in [1.82, 2.24) is 0 Å². The molecule has 1 unspecified atom stereocenters. The predicted molar refractivity (Wildman–Crippen MR) is 52.3 cm³/mol. The molecule has 1 aromatic rings. The summed E-state index contributed by atoms with van der Waals surface area (Å²) in [6.45, 7) is 0. The van der Waals surface area contributed by atoms with Gasteiger partial charge in [-0.3, -0.25) is 0 Å². The van der Waals surface area contributed by atoms with Crippen molar-refractivity contribution in [1.29, 1.82) is 0 Å². The quantitative estimate of drug-likeness (QED) is 0.769. The van der Waals surface area contributed by atoms with Gasteiger partial charge in [0, 0.05) is 0 Å². The van der Waals surface area contributed by atoms with Crippen LogP contribution in [0.2, 0.25) is 0 Å². The van der Waals surface area contributed by atoms with E-state index in [9.17, 15) is 0 Å².